The third-order valence-corrected chi connectivity index (χ3v) is 5.25. The van der Waals surface area contributed by atoms with Crippen LogP contribution in [0.4, 0.5) is 22.7 Å². The Labute approximate surface area is 162 Å². The Balaban J connectivity index is 1.88. The minimum Gasteiger partial charge on any atom is -0.399 e. The van der Waals surface area contributed by atoms with Gasteiger partial charge in [-0.1, -0.05) is 18.2 Å². The van der Waals surface area contributed by atoms with Gasteiger partial charge in [-0.3, -0.25) is 8.91 Å². The highest BCUT2D eigenvalue weighted by molar-refractivity contribution is 7.88. The van der Waals surface area contributed by atoms with E-state index >= 15 is 0 Å². The molecule has 1 heterocycles. The zero-order valence-corrected chi connectivity index (χ0v) is 15.8. The van der Waals surface area contributed by atoms with Crippen LogP contribution in [0.25, 0.3) is 21.8 Å². The number of rotatable bonds is 5. The van der Waals surface area contributed by atoms with Gasteiger partial charge in [-0.05, 0) is 48.5 Å². The lowest BCUT2D eigenvalue weighted by Gasteiger charge is -2.14. The van der Waals surface area contributed by atoms with Crippen molar-refractivity contribution in [2.45, 2.75) is 0 Å². The first-order valence-corrected chi connectivity index (χ1v) is 9.89. The molecular weight excluding hydrogens is 376 g/mol. The van der Waals surface area contributed by atoms with Crippen LogP contribution in [0.5, 0.6) is 0 Å². The van der Waals surface area contributed by atoms with E-state index in [0.29, 0.717) is 16.9 Å². The van der Waals surface area contributed by atoms with Crippen LogP contribution in [-0.4, -0.2) is 20.5 Å². The van der Waals surface area contributed by atoms with Crippen molar-refractivity contribution in [3.8, 4) is 0 Å². The molecule has 3 aromatic carbocycles. The summed E-state index contributed by atoms with van der Waals surface area (Å²) < 4.78 is 30.2. The summed E-state index contributed by atoms with van der Waals surface area (Å²) in [5, 5.41) is 5.25. The summed E-state index contributed by atoms with van der Waals surface area (Å²) in [5.74, 6) is 0. The van der Waals surface area contributed by atoms with Crippen molar-refractivity contribution in [2.24, 2.45) is 0 Å². The Morgan fingerprint density at radius 2 is 1.57 bits per heavy atom. The average molecular weight is 394 g/mol. The molecule has 0 atom stereocenters. The van der Waals surface area contributed by atoms with E-state index in [-0.39, 0.29) is 0 Å². The molecule has 142 valence electrons. The first-order chi connectivity index (χ1) is 13.4. The second-order valence-corrected chi connectivity index (χ2v) is 7.65. The van der Waals surface area contributed by atoms with Crippen LogP contribution in [0.1, 0.15) is 0 Å². The second-order valence-electron chi connectivity index (χ2n) is 6.21. The number of pyridine rings is 1. The van der Waals surface area contributed by atoms with Crippen molar-refractivity contribution < 1.29 is 12.6 Å². The fourth-order valence-corrected chi connectivity index (χ4v) is 3.49. The second kappa shape index (κ2) is 6.99. The molecule has 0 aliphatic rings. The first kappa shape index (κ1) is 18.0. The third-order valence-electron chi connectivity index (χ3n) is 4.32. The van der Waals surface area contributed by atoms with Crippen molar-refractivity contribution in [3.05, 3.63) is 66.7 Å². The SMILES string of the molecule is COS(=O)(=O)Nc1ccc2c(Nc3ccc(N)cc3)c3ccccc3nc2c1. The molecule has 8 heteroatoms. The number of hydrogen-bond donors (Lipinski definition) is 3. The number of anilines is 4. The lowest BCUT2D eigenvalue weighted by molar-refractivity contribution is 0.402. The standard InChI is InChI=1S/C20H18N4O3S/c1-27-28(25,26)24-15-10-11-17-19(12-15)23-18-5-3-2-4-16(18)20(17)22-14-8-6-13(21)7-9-14/h2-12,24H,21H2,1H3,(H,22,23). The molecular formula is C20H18N4O3S. The molecule has 0 fully saturated rings. The number of fused-ring (bicyclic) bond motifs is 2. The summed E-state index contributed by atoms with van der Waals surface area (Å²) in [7, 11) is -2.75. The van der Waals surface area contributed by atoms with E-state index in [1.165, 1.54) is 0 Å². The van der Waals surface area contributed by atoms with Gasteiger partial charge < -0.3 is 11.1 Å². The van der Waals surface area contributed by atoms with Gasteiger partial charge >= 0.3 is 10.3 Å². The summed E-state index contributed by atoms with van der Waals surface area (Å²) in [6.07, 6.45) is 0. The summed E-state index contributed by atoms with van der Waals surface area (Å²) in [6, 6.07) is 20.4. The van der Waals surface area contributed by atoms with E-state index in [1.807, 2.05) is 54.6 Å². The molecule has 0 bridgehead atoms. The molecule has 0 radical (unpaired) electrons. The molecule has 0 spiro atoms. The van der Waals surface area contributed by atoms with E-state index < -0.39 is 10.3 Å². The fourth-order valence-electron chi connectivity index (χ4n) is 2.99. The van der Waals surface area contributed by atoms with Gasteiger partial charge in [0.05, 0.1) is 29.5 Å². The van der Waals surface area contributed by atoms with Crippen LogP contribution < -0.4 is 15.8 Å². The highest BCUT2D eigenvalue weighted by Gasteiger charge is 2.13. The Hall–Kier alpha value is -3.36. The number of nitrogens with one attached hydrogen (secondary N) is 2. The van der Waals surface area contributed by atoms with Crippen LogP contribution in [0, 0.1) is 0 Å². The van der Waals surface area contributed by atoms with Crippen molar-refractivity contribution in [1.29, 1.82) is 0 Å². The number of hydrogen-bond acceptors (Lipinski definition) is 6. The van der Waals surface area contributed by atoms with E-state index in [1.54, 1.807) is 12.1 Å². The molecule has 0 amide bonds. The van der Waals surface area contributed by atoms with E-state index in [2.05, 4.69) is 19.2 Å². The predicted molar refractivity (Wildman–Crippen MR) is 113 cm³/mol. The first-order valence-electron chi connectivity index (χ1n) is 8.49. The van der Waals surface area contributed by atoms with E-state index in [0.717, 1.165) is 34.8 Å². The Kier molecular flexibility index (Phi) is 4.50. The summed E-state index contributed by atoms with van der Waals surface area (Å²) in [5.41, 5.74) is 10.0. The summed E-state index contributed by atoms with van der Waals surface area (Å²) >= 11 is 0. The van der Waals surface area contributed by atoms with E-state index in [9.17, 15) is 8.42 Å². The van der Waals surface area contributed by atoms with Gasteiger partial charge in [0.2, 0.25) is 0 Å². The predicted octanol–water partition coefficient (Wildman–Crippen LogP) is 4.02. The monoisotopic (exact) mass is 394 g/mol. The lowest BCUT2D eigenvalue weighted by Crippen LogP contribution is -2.13. The Morgan fingerprint density at radius 1 is 0.893 bits per heavy atom. The maximum absolute atomic E-state index is 11.7. The molecule has 1 aromatic heterocycles. The minimum absolute atomic E-state index is 0.371. The number of para-hydroxylation sites is 1. The average Bonchev–Trinajstić information content (AvgIpc) is 2.69. The molecule has 0 saturated heterocycles. The van der Waals surface area contributed by atoms with Gasteiger partial charge in [-0.15, -0.1) is 0 Å². The summed E-state index contributed by atoms with van der Waals surface area (Å²) in [6.45, 7) is 0. The molecule has 4 N–H and O–H groups in total. The largest absolute Gasteiger partial charge is 0.399 e. The zero-order valence-electron chi connectivity index (χ0n) is 15.0. The molecule has 7 nitrogen and oxygen atoms in total. The molecule has 0 aliphatic heterocycles. The third kappa shape index (κ3) is 3.55. The van der Waals surface area contributed by atoms with Gasteiger partial charge in [-0.2, -0.15) is 8.42 Å². The molecule has 0 aliphatic carbocycles. The zero-order chi connectivity index (χ0) is 19.7. The van der Waals surface area contributed by atoms with Crippen molar-refractivity contribution >= 4 is 54.9 Å². The Morgan fingerprint density at radius 3 is 2.32 bits per heavy atom. The molecule has 4 rings (SSSR count). The Bertz CT molecular complexity index is 1270. The van der Waals surface area contributed by atoms with Crippen molar-refractivity contribution in [1.82, 2.24) is 4.98 Å². The molecule has 0 saturated carbocycles. The number of nitrogens with zero attached hydrogens (tertiary/aromatic N) is 1. The fraction of sp³-hybridized carbons (Fsp3) is 0.0500. The molecule has 4 aromatic rings. The smallest absolute Gasteiger partial charge is 0.359 e. The minimum atomic E-state index is -3.85. The number of benzene rings is 3. The van der Waals surface area contributed by atoms with Gasteiger partial charge in [0.1, 0.15) is 0 Å². The lowest BCUT2D eigenvalue weighted by atomic mass is 10.1. The van der Waals surface area contributed by atoms with Crippen LogP contribution in [0.15, 0.2) is 66.7 Å². The maximum atomic E-state index is 11.7. The quantitative estimate of drug-likeness (QED) is 0.349. The van der Waals surface area contributed by atoms with Crippen LogP contribution >= 0.6 is 0 Å². The van der Waals surface area contributed by atoms with E-state index in [4.69, 9.17) is 5.73 Å². The maximum Gasteiger partial charge on any atom is 0.359 e. The van der Waals surface area contributed by atoms with Crippen LogP contribution in [0.3, 0.4) is 0 Å². The number of nitrogens with two attached hydrogens (primary N) is 1. The van der Waals surface area contributed by atoms with Gasteiger partial charge in [-0.25, -0.2) is 4.98 Å². The normalized spacial score (nSPS) is 11.6. The highest BCUT2D eigenvalue weighted by atomic mass is 32.2. The van der Waals surface area contributed by atoms with Crippen LogP contribution in [-0.2, 0) is 14.5 Å². The summed E-state index contributed by atoms with van der Waals surface area (Å²) in [4.78, 5) is 4.67. The topological polar surface area (TPSA) is 106 Å². The number of nitrogen functional groups attached to an aromatic ring is 1. The van der Waals surface area contributed by atoms with Crippen molar-refractivity contribution in [3.63, 3.8) is 0 Å². The van der Waals surface area contributed by atoms with Gasteiger partial charge in [0.25, 0.3) is 0 Å². The molecule has 28 heavy (non-hydrogen) atoms. The van der Waals surface area contributed by atoms with Gasteiger partial charge in [0, 0.05) is 22.1 Å². The molecule has 0 unspecified atom stereocenters. The van der Waals surface area contributed by atoms with Crippen molar-refractivity contribution in [2.75, 3.05) is 22.9 Å². The number of aromatic nitrogens is 1. The van der Waals surface area contributed by atoms with Gasteiger partial charge in [0.15, 0.2) is 0 Å². The highest BCUT2D eigenvalue weighted by Crippen LogP contribution is 2.34. The van der Waals surface area contributed by atoms with Crippen LogP contribution in [0.2, 0.25) is 0 Å².